The molecular formula is C29H23F3N2O8S2. The first kappa shape index (κ1) is 30.8. The van der Waals surface area contributed by atoms with Crippen LogP contribution in [0, 0.1) is 0 Å². The fourth-order valence-corrected chi connectivity index (χ4v) is 6.31. The minimum atomic E-state index is -4.88. The summed E-state index contributed by atoms with van der Waals surface area (Å²) in [6.45, 7) is 0. The highest BCUT2D eigenvalue weighted by molar-refractivity contribution is 7.92. The number of alkyl halides is 3. The number of esters is 1. The molecule has 0 bridgehead atoms. The van der Waals surface area contributed by atoms with E-state index in [1.807, 2.05) is 0 Å². The van der Waals surface area contributed by atoms with Gasteiger partial charge in [0, 0.05) is 5.56 Å². The molecule has 44 heavy (non-hydrogen) atoms. The lowest BCUT2D eigenvalue weighted by Crippen LogP contribution is -2.25. The summed E-state index contributed by atoms with van der Waals surface area (Å²) in [7, 11) is -2.21. The van der Waals surface area contributed by atoms with E-state index in [1.54, 1.807) is 12.1 Å². The molecule has 15 heteroatoms. The molecule has 1 amide bonds. The van der Waals surface area contributed by atoms with Crippen molar-refractivity contribution in [3.63, 3.8) is 0 Å². The van der Waals surface area contributed by atoms with Crippen LogP contribution >= 0.6 is 11.3 Å². The van der Waals surface area contributed by atoms with Crippen molar-refractivity contribution < 1.29 is 50.1 Å². The molecule has 1 atom stereocenters. The monoisotopic (exact) mass is 648 g/mol. The van der Waals surface area contributed by atoms with Crippen LogP contribution in [0.1, 0.15) is 34.9 Å². The third-order valence-electron chi connectivity index (χ3n) is 6.23. The van der Waals surface area contributed by atoms with Gasteiger partial charge in [-0.15, -0.1) is 13.2 Å². The summed E-state index contributed by atoms with van der Waals surface area (Å²) >= 11 is 0.998. The summed E-state index contributed by atoms with van der Waals surface area (Å²) in [4.78, 5) is 29.3. The number of amides is 1. The molecule has 1 saturated carbocycles. The second-order valence-corrected chi connectivity index (χ2v) is 12.6. The van der Waals surface area contributed by atoms with Crippen LogP contribution in [-0.2, 0) is 19.4 Å². The minimum absolute atomic E-state index is 0.0490. The first-order chi connectivity index (χ1) is 20.9. The van der Waals surface area contributed by atoms with Gasteiger partial charge in [0.05, 0.1) is 29.0 Å². The van der Waals surface area contributed by atoms with Crippen LogP contribution in [0.4, 0.5) is 18.3 Å². The topological polar surface area (TPSA) is 130 Å². The fraction of sp³-hybridized carbons (Fsp3) is 0.207. The van der Waals surface area contributed by atoms with Gasteiger partial charge in [-0.05, 0) is 73.5 Å². The highest BCUT2D eigenvalue weighted by atomic mass is 32.2. The number of anilines is 1. The average Bonchev–Trinajstić information content (AvgIpc) is 3.78. The highest BCUT2D eigenvalue weighted by Gasteiger charge is 2.37. The Morgan fingerprint density at radius 2 is 1.55 bits per heavy atom. The molecule has 0 saturated heterocycles. The normalized spacial score (nSPS) is 13.9. The average molecular weight is 649 g/mol. The number of ether oxygens (including phenoxy) is 4. The smallest absolute Gasteiger partial charge is 0.476 e. The molecule has 3 aromatic carbocycles. The van der Waals surface area contributed by atoms with Crippen molar-refractivity contribution in [2.75, 3.05) is 12.4 Å². The van der Waals surface area contributed by atoms with Gasteiger partial charge in [0.2, 0.25) is 11.2 Å². The van der Waals surface area contributed by atoms with Crippen molar-refractivity contribution in [2.45, 2.75) is 35.5 Å². The van der Waals surface area contributed by atoms with Gasteiger partial charge >= 0.3 is 12.3 Å². The van der Waals surface area contributed by atoms with Crippen LogP contribution < -0.4 is 19.5 Å². The van der Waals surface area contributed by atoms with Crippen LogP contribution in [-0.4, -0.2) is 44.0 Å². The summed E-state index contributed by atoms with van der Waals surface area (Å²) in [5.41, 5.74) is 0.621. The zero-order chi connectivity index (χ0) is 31.5. The molecule has 1 unspecified atom stereocenters. The summed E-state index contributed by atoms with van der Waals surface area (Å²) in [6, 6.07) is 16.3. The Balaban J connectivity index is 1.33. The molecule has 4 aromatic rings. The SMILES string of the molecule is COC(=O)c1ccc(Oc2cnc(NC(=O)C(Oc3ccc(OC(F)(F)F)cc3)c3ccc(S(=O)(=O)C4CC4)cc3)s2)cc1. The van der Waals surface area contributed by atoms with E-state index in [1.165, 1.54) is 61.8 Å². The van der Waals surface area contributed by atoms with Gasteiger partial charge in [-0.1, -0.05) is 23.5 Å². The van der Waals surface area contributed by atoms with E-state index in [2.05, 4.69) is 19.8 Å². The largest absolute Gasteiger partial charge is 0.573 e. The molecule has 10 nitrogen and oxygen atoms in total. The predicted molar refractivity (Wildman–Crippen MR) is 152 cm³/mol. The summed E-state index contributed by atoms with van der Waals surface area (Å²) in [5, 5.41) is 2.66. The highest BCUT2D eigenvalue weighted by Crippen LogP contribution is 2.35. The quantitative estimate of drug-likeness (QED) is 0.186. The maximum absolute atomic E-state index is 13.4. The lowest BCUT2D eigenvalue weighted by atomic mass is 10.1. The van der Waals surface area contributed by atoms with E-state index in [4.69, 9.17) is 9.47 Å². The number of carbonyl (C=O) groups is 2. The third-order valence-corrected chi connectivity index (χ3v) is 9.30. The van der Waals surface area contributed by atoms with E-state index in [-0.39, 0.29) is 21.3 Å². The zero-order valence-electron chi connectivity index (χ0n) is 22.7. The first-order valence-corrected chi connectivity index (χ1v) is 15.3. The number of nitrogens with zero attached hydrogens (tertiary/aromatic N) is 1. The zero-order valence-corrected chi connectivity index (χ0v) is 24.4. The molecule has 5 rings (SSSR count). The van der Waals surface area contributed by atoms with Crippen molar-refractivity contribution in [3.8, 4) is 22.3 Å². The second kappa shape index (κ2) is 12.5. The van der Waals surface area contributed by atoms with Gasteiger partial charge in [-0.2, -0.15) is 0 Å². The summed E-state index contributed by atoms with van der Waals surface area (Å²) in [5.74, 6) is -1.22. The Morgan fingerprint density at radius 3 is 2.14 bits per heavy atom. The lowest BCUT2D eigenvalue weighted by Gasteiger charge is -2.19. The van der Waals surface area contributed by atoms with Crippen molar-refractivity contribution in [3.05, 3.63) is 90.1 Å². The van der Waals surface area contributed by atoms with Crippen molar-refractivity contribution in [2.24, 2.45) is 0 Å². The number of methoxy groups -OCH3 is 1. The third kappa shape index (κ3) is 7.65. The number of hydrogen-bond acceptors (Lipinski definition) is 10. The molecule has 0 radical (unpaired) electrons. The van der Waals surface area contributed by atoms with E-state index >= 15 is 0 Å². The summed E-state index contributed by atoms with van der Waals surface area (Å²) in [6.07, 6.45) is -3.67. The van der Waals surface area contributed by atoms with Crippen molar-refractivity contribution in [1.29, 1.82) is 0 Å². The summed E-state index contributed by atoms with van der Waals surface area (Å²) < 4.78 is 83.1. The number of halogens is 3. The van der Waals surface area contributed by atoms with E-state index in [9.17, 15) is 31.2 Å². The van der Waals surface area contributed by atoms with Gasteiger partial charge in [-0.25, -0.2) is 18.2 Å². The standard InChI is InChI=1S/C29H23F3N2O8S2/c1-39-27(36)18-2-6-19(7-3-18)40-24-16-33-28(43-24)34-26(35)25(41-20-8-10-21(11-9-20)42-29(30,31)32)17-4-12-22(13-5-17)44(37,38)23-14-15-23/h2-13,16,23,25H,14-15H2,1H3,(H,33,34,35). The maximum Gasteiger partial charge on any atom is 0.573 e. The number of nitrogens with one attached hydrogen (secondary N) is 1. The number of hydrogen-bond donors (Lipinski definition) is 1. The van der Waals surface area contributed by atoms with Crippen LogP contribution in [0.25, 0.3) is 0 Å². The van der Waals surface area contributed by atoms with Gasteiger partial charge in [0.25, 0.3) is 5.91 Å². The van der Waals surface area contributed by atoms with Crippen LogP contribution in [0.3, 0.4) is 0 Å². The number of carbonyl (C=O) groups excluding carboxylic acids is 2. The molecule has 1 N–H and O–H groups in total. The maximum atomic E-state index is 13.4. The first-order valence-electron chi connectivity index (χ1n) is 12.9. The van der Waals surface area contributed by atoms with Crippen LogP contribution in [0.15, 0.2) is 83.9 Å². The van der Waals surface area contributed by atoms with Crippen LogP contribution in [0.5, 0.6) is 22.3 Å². The molecular weight excluding hydrogens is 625 g/mol. The number of thiazole rings is 1. The Labute approximate surface area is 253 Å². The molecule has 1 fully saturated rings. The number of benzene rings is 3. The fourth-order valence-electron chi connectivity index (χ4n) is 3.96. The Morgan fingerprint density at radius 1 is 0.932 bits per heavy atom. The number of aromatic nitrogens is 1. The van der Waals surface area contributed by atoms with Gasteiger partial charge in [0.1, 0.15) is 17.2 Å². The van der Waals surface area contributed by atoms with Gasteiger partial charge < -0.3 is 18.9 Å². The molecule has 230 valence electrons. The molecule has 1 aromatic heterocycles. The lowest BCUT2D eigenvalue weighted by molar-refractivity contribution is -0.274. The minimum Gasteiger partial charge on any atom is -0.476 e. The van der Waals surface area contributed by atoms with E-state index in [0.717, 1.165) is 23.5 Å². The molecule has 0 spiro atoms. The molecule has 1 aliphatic carbocycles. The Hall–Kier alpha value is -4.63. The number of sulfone groups is 1. The van der Waals surface area contributed by atoms with E-state index < -0.39 is 45.2 Å². The van der Waals surface area contributed by atoms with Crippen molar-refractivity contribution >= 4 is 38.2 Å². The molecule has 1 heterocycles. The molecule has 0 aliphatic heterocycles. The molecule has 1 aliphatic rings. The van der Waals surface area contributed by atoms with Crippen LogP contribution in [0.2, 0.25) is 0 Å². The van der Waals surface area contributed by atoms with E-state index in [0.29, 0.717) is 29.2 Å². The van der Waals surface area contributed by atoms with Crippen molar-refractivity contribution in [1.82, 2.24) is 4.98 Å². The van der Waals surface area contributed by atoms with Gasteiger partial charge in [-0.3, -0.25) is 10.1 Å². The van der Waals surface area contributed by atoms with Gasteiger partial charge in [0.15, 0.2) is 15.0 Å². The number of rotatable bonds is 11. The Bertz CT molecular complexity index is 1740. The second-order valence-electron chi connectivity index (χ2n) is 9.42. The predicted octanol–water partition coefficient (Wildman–Crippen LogP) is 6.32. The Kier molecular flexibility index (Phi) is 8.78.